The number of benzene rings is 3. The molecule has 148 valence electrons. The van der Waals surface area contributed by atoms with E-state index in [2.05, 4.69) is 10.6 Å². The zero-order valence-corrected chi connectivity index (χ0v) is 16.1. The van der Waals surface area contributed by atoms with Crippen molar-refractivity contribution in [1.82, 2.24) is 4.90 Å². The van der Waals surface area contributed by atoms with Crippen LogP contribution < -0.4 is 10.6 Å². The number of hydrogen-bond acceptors (Lipinski definition) is 4. The quantitative estimate of drug-likeness (QED) is 0.702. The molecule has 3 aromatic rings. The van der Waals surface area contributed by atoms with Gasteiger partial charge in [0.15, 0.2) is 0 Å². The first-order valence-electron chi connectivity index (χ1n) is 9.69. The molecule has 0 saturated carbocycles. The van der Waals surface area contributed by atoms with Gasteiger partial charge in [0.05, 0.1) is 19.8 Å². The molecule has 0 aliphatic carbocycles. The molecule has 1 fully saturated rings. The molecule has 0 radical (unpaired) electrons. The largest absolute Gasteiger partial charge is 0.378 e. The van der Waals surface area contributed by atoms with E-state index in [1.807, 2.05) is 42.5 Å². The molecule has 1 heterocycles. The zero-order chi connectivity index (χ0) is 20.1. The van der Waals surface area contributed by atoms with Crippen LogP contribution in [0.5, 0.6) is 0 Å². The lowest BCUT2D eigenvalue weighted by Crippen LogP contribution is -2.40. The van der Waals surface area contributed by atoms with Gasteiger partial charge in [-0.25, -0.2) is 0 Å². The first-order valence-corrected chi connectivity index (χ1v) is 9.69. The number of fused-ring (bicyclic) bond motifs is 1. The number of nitrogens with zero attached hydrogens (tertiary/aromatic N) is 1. The minimum absolute atomic E-state index is 0.0433. The molecule has 3 aromatic carbocycles. The van der Waals surface area contributed by atoms with Crippen molar-refractivity contribution in [2.45, 2.75) is 0 Å². The van der Waals surface area contributed by atoms with Crippen LogP contribution in [0.2, 0.25) is 0 Å². The molecular formula is C23H23N3O3. The van der Waals surface area contributed by atoms with E-state index in [1.165, 1.54) is 0 Å². The van der Waals surface area contributed by atoms with E-state index in [0.29, 0.717) is 37.6 Å². The van der Waals surface area contributed by atoms with E-state index < -0.39 is 0 Å². The van der Waals surface area contributed by atoms with E-state index in [0.717, 1.165) is 16.5 Å². The third-order valence-corrected chi connectivity index (χ3v) is 4.92. The minimum Gasteiger partial charge on any atom is -0.378 e. The minimum atomic E-state index is -0.172. The van der Waals surface area contributed by atoms with Crippen LogP contribution in [0.3, 0.4) is 0 Å². The van der Waals surface area contributed by atoms with Crippen LogP contribution in [-0.2, 0) is 9.53 Å². The topological polar surface area (TPSA) is 70.7 Å². The van der Waals surface area contributed by atoms with Crippen molar-refractivity contribution >= 4 is 34.0 Å². The molecule has 0 atom stereocenters. The van der Waals surface area contributed by atoms with Crippen molar-refractivity contribution in [2.75, 3.05) is 43.5 Å². The van der Waals surface area contributed by atoms with E-state index >= 15 is 0 Å². The molecule has 2 amide bonds. The average molecular weight is 389 g/mol. The molecule has 4 rings (SSSR count). The fraction of sp³-hybridized carbons (Fsp3) is 0.217. The number of nitrogens with one attached hydrogen (secondary N) is 2. The highest BCUT2D eigenvalue weighted by molar-refractivity contribution is 5.99. The Labute approximate surface area is 169 Å². The molecule has 6 heteroatoms. The summed E-state index contributed by atoms with van der Waals surface area (Å²) < 4.78 is 5.29. The summed E-state index contributed by atoms with van der Waals surface area (Å²) in [4.78, 5) is 26.8. The summed E-state index contributed by atoms with van der Waals surface area (Å²) in [7, 11) is 0. The van der Waals surface area contributed by atoms with Gasteiger partial charge in [-0.15, -0.1) is 0 Å². The molecule has 1 aliphatic heterocycles. The predicted molar refractivity (Wildman–Crippen MR) is 114 cm³/mol. The summed E-state index contributed by atoms with van der Waals surface area (Å²) in [5.74, 6) is -0.216. The van der Waals surface area contributed by atoms with Gasteiger partial charge in [0.2, 0.25) is 5.91 Å². The zero-order valence-electron chi connectivity index (χ0n) is 16.1. The molecule has 0 spiro atoms. The Morgan fingerprint density at radius 1 is 0.931 bits per heavy atom. The van der Waals surface area contributed by atoms with Gasteiger partial charge in [0.25, 0.3) is 5.91 Å². The number of carbonyl (C=O) groups is 2. The molecule has 6 nitrogen and oxygen atoms in total. The maximum Gasteiger partial charge on any atom is 0.254 e. The maximum absolute atomic E-state index is 12.6. The second-order valence-electron chi connectivity index (χ2n) is 6.91. The van der Waals surface area contributed by atoms with Gasteiger partial charge in [-0.1, -0.05) is 42.5 Å². The van der Waals surface area contributed by atoms with Crippen LogP contribution in [0.4, 0.5) is 11.4 Å². The highest BCUT2D eigenvalue weighted by Crippen LogP contribution is 2.22. The summed E-state index contributed by atoms with van der Waals surface area (Å²) >= 11 is 0. The molecule has 29 heavy (non-hydrogen) atoms. The van der Waals surface area contributed by atoms with Crippen molar-refractivity contribution in [3.8, 4) is 0 Å². The van der Waals surface area contributed by atoms with Crippen molar-refractivity contribution < 1.29 is 14.3 Å². The number of amides is 2. The fourth-order valence-electron chi connectivity index (χ4n) is 3.44. The lowest BCUT2D eigenvalue weighted by molar-refractivity contribution is -0.114. The Morgan fingerprint density at radius 2 is 1.69 bits per heavy atom. The Balaban J connectivity index is 1.39. The van der Waals surface area contributed by atoms with Crippen LogP contribution in [0.1, 0.15) is 10.4 Å². The number of morpholine rings is 1. The van der Waals surface area contributed by atoms with Crippen LogP contribution in [0, 0.1) is 0 Å². The van der Waals surface area contributed by atoms with Gasteiger partial charge in [0.1, 0.15) is 0 Å². The SMILES string of the molecule is O=C(CNc1cccc2ccccc12)Nc1cccc(C(=O)N2CCOCC2)c1. The molecule has 1 aliphatic rings. The van der Waals surface area contributed by atoms with E-state index in [-0.39, 0.29) is 18.4 Å². The number of rotatable bonds is 5. The Hall–Kier alpha value is -3.38. The summed E-state index contributed by atoms with van der Waals surface area (Å²) in [5.41, 5.74) is 2.08. The van der Waals surface area contributed by atoms with E-state index in [4.69, 9.17) is 4.74 Å². The smallest absolute Gasteiger partial charge is 0.254 e. The molecular weight excluding hydrogens is 366 g/mol. The van der Waals surface area contributed by atoms with E-state index in [9.17, 15) is 9.59 Å². The Morgan fingerprint density at radius 3 is 2.55 bits per heavy atom. The standard InChI is InChI=1S/C23H23N3O3/c27-22(16-24-21-10-4-6-17-5-1-2-9-20(17)21)25-19-8-3-7-18(15-19)23(28)26-11-13-29-14-12-26/h1-10,15,24H,11-14,16H2,(H,25,27). The van der Waals surface area contributed by atoms with Crippen LogP contribution in [0.15, 0.2) is 66.7 Å². The van der Waals surface area contributed by atoms with Gasteiger partial charge in [0, 0.05) is 35.4 Å². The lowest BCUT2D eigenvalue weighted by Gasteiger charge is -2.27. The van der Waals surface area contributed by atoms with Gasteiger partial charge < -0.3 is 20.3 Å². The summed E-state index contributed by atoms with van der Waals surface area (Å²) in [6, 6.07) is 21.0. The summed E-state index contributed by atoms with van der Waals surface area (Å²) in [6.07, 6.45) is 0. The summed E-state index contributed by atoms with van der Waals surface area (Å²) in [5, 5.41) is 8.25. The van der Waals surface area contributed by atoms with Crippen molar-refractivity contribution in [1.29, 1.82) is 0 Å². The van der Waals surface area contributed by atoms with E-state index in [1.54, 1.807) is 29.2 Å². The number of ether oxygens (including phenoxy) is 1. The van der Waals surface area contributed by atoms with Gasteiger partial charge >= 0.3 is 0 Å². The Bertz CT molecular complexity index is 1020. The van der Waals surface area contributed by atoms with Gasteiger partial charge in [-0.05, 0) is 29.7 Å². The maximum atomic E-state index is 12.6. The molecule has 0 aromatic heterocycles. The van der Waals surface area contributed by atoms with Crippen LogP contribution in [0.25, 0.3) is 10.8 Å². The van der Waals surface area contributed by atoms with Crippen molar-refractivity contribution in [2.24, 2.45) is 0 Å². The van der Waals surface area contributed by atoms with Gasteiger partial charge in [-0.2, -0.15) is 0 Å². The highest BCUT2D eigenvalue weighted by Gasteiger charge is 2.18. The molecule has 0 unspecified atom stereocenters. The molecule has 0 bridgehead atoms. The fourth-order valence-corrected chi connectivity index (χ4v) is 3.44. The number of hydrogen-bond donors (Lipinski definition) is 2. The Kier molecular flexibility index (Phi) is 5.72. The number of carbonyl (C=O) groups excluding carboxylic acids is 2. The average Bonchev–Trinajstić information content (AvgIpc) is 2.78. The normalized spacial score (nSPS) is 13.9. The van der Waals surface area contributed by atoms with Crippen LogP contribution in [-0.4, -0.2) is 49.6 Å². The number of anilines is 2. The first-order chi connectivity index (χ1) is 14.2. The second-order valence-corrected chi connectivity index (χ2v) is 6.91. The van der Waals surface area contributed by atoms with Crippen molar-refractivity contribution in [3.63, 3.8) is 0 Å². The highest BCUT2D eigenvalue weighted by atomic mass is 16.5. The summed E-state index contributed by atoms with van der Waals surface area (Å²) in [6.45, 7) is 2.42. The molecule has 1 saturated heterocycles. The monoisotopic (exact) mass is 389 g/mol. The lowest BCUT2D eigenvalue weighted by atomic mass is 10.1. The predicted octanol–water partition coefficient (Wildman–Crippen LogP) is 3.36. The van der Waals surface area contributed by atoms with Crippen LogP contribution >= 0.6 is 0 Å². The molecule has 2 N–H and O–H groups in total. The third kappa shape index (κ3) is 4.55. The van der Waals surface area contributed by atoms with Crippen molar-refractivity contribution in [3.05, 3.63) is 72.3 Å². The van der Waals surface area contributed by atoms with Gasteiger partial charge in [-0.3, -0.25) is 9.59 Å². The second kappa shape index (κ2) is 8.75. The third-order valence-electron chi connectivity index (χ3n) is 4.92. The first kappa shape index (κ1) is 19.0.